The zero-order chi connectivity index (χ0) is 24.9. The molecule has 0 atom stereocenters. The van der Waals surface area contributed by atoms with Crippen LogP contribution in [0.3, 0.4) is 0 Å². The number of pyridine rings is 2. The van der Waals surface area contributed by atoms with E-state index in [-0.39, 0.29) is 39.1 Å². The van der Waals surface area contributed by atoms with Gasteiger partial charge in [0.15, 0.2) is 5.82 Å². The van der Waals surface area contributed by atoms with Gasteiger partial charge in [0.2, 0.25) is 5.95 Å². The average Bonchev–Trinajstić information content (AvgIpc) is 3.17. The first-order valence-electron chi connectivity index (χ1n) is 10.2. The number of aliphatic imine (C=N–C) groups is 1. The van der Waals surface area contributed by atoms with Gasteiger partial charge < -0.3 is 5.73 Å². The Morgan fingerprint density at radius 1 is 1.00 bits per heavy atom. The first-order valence-corrected chi connectivity index (χ1v) is 10.2. The molecule has 174 valence electrons. The number of benzene rings is 2. The molecule has 0 amide bonds. The molecule has 0 saturated heterocycles. The van der Waals surface area contributed by atoms with E-state index < -0.39 is 23.4 Å². The smallest absolute Gasteiger partial charge is 0.249 e. The summed E-state index contributed by atoms with van der Waals surface area (Å²) in [7, 11) is 0. The van der Waals surface area contributed by atoms with Gasteiger partial charge >= 0.3 is 0 Å². The van der Waals surface area contributed by atoms with Crippen molar-refractivity contribution in [2.75, 3.05) is 0 Å². The number of aromatic nitrogens is 4. The monoisotopic (exact) mass is 477 g/mol. The van der Waals surface area contributed by atoms with Crippen LogP contribution in [0, 0.1) is 35.7 Å². The highest BCUT2D eigenvalue weighted by molar-refractivity contribution is 6.11. The molecule has 7 nitrogen and oxygen atoms in total. The number of fused-ring (bicyclic) bond motifs is 2. The van der Waals surface area contributed by atoms with Crippen LogP contribution in [0.25, 0.3) is 38.8 Å². The van der Waals surface area contributed by atoms with E-state index in [0.29, 0.717) is 16.9 Å². The Labute approximate surface area is 195 Å². The summed E-state index contributed by atoms with van der Waals surface area (Å²) < 4.78 is 59.4. The summed E-state index contributed by atoms with van der Waals surface area (Å²) in [5.41, 5.74) is 7.12. The van der Waals surface area contributed by atoms with E-state index in [1.54, 1.807) is 11.5 Å². The zero-order valence-electron chi connectivity index (χ0n) is 18.0. The molecule has 0 bridgehead atoms. The minimum absolute atomic E-state index is 0.0795. The molecule has 0 aliphatic carbocycles. The Morgan fingerprint density at radius 3 is 2.51 bits per heavy atom. The fourth-order valence-electron chi connectivity index (χ4n) is 4.09. The molecule has 3 heterocycles. The lowest BCUT2D eigenvalue weighted by molar-refractivity contribution is 0.482. The minimum atomic E-state index is -1.28. The van der Waals surface area contributed by atoms with Crippen molar-refractivity contribution in [3.63, 3.8) is 0 Å². The van der Waals surface area contributed by atoms with Gasteiger partial charge in [0.1, 0.15) is 40.7 Å². The third-order valence-electron chi connectivity index (χ3n) is 5.58. The van der Waals surface area contributed by atoms with Crippen molar-refractivity contribution in [3.05, 3.63) is 83.6 Å². The van der Waals surface area contributed by atoms with E-state index in [9.17, 15) is 17.6 Å². The Hall–Kier alpha value is -4.67. The Balaban J connectivity index is 1.93. The van der Waals surface area contributed by atoms with Crippen molar-refractivity contribution in [1.29, 1.82) is 5.41 Å². The number of nitrogens with one attached hydrogen (secondary N) is 1. The number of halogens is 4. The lowest BCUT2D eigenvalue weighted by atomic mass is 10.0. The third-order valence-corrected chi connectivity index (χ3v) is 5.58. The van der Waals surface area contributed by atoms with Crippen molar-refractivity contribution < 1.29 is 17.6 Å². The van der Waals surface area contributed by atoms with Crippen LogP contribution in [0.2, 0.25) is 0 Å². The maximum absolute atomic E-state index is 14.9. The maximum Gasteiger partial charge on any atom is 0.249 e. The van der Waals surface area contributed by atoms with Crippen molar-refractivity contribution in [1.82, 2.24) is 19.5 Å². The molecular weight excluding hydrogens is 462 g/mol. The predicted molar refractivity (Wildman–Crippen MR) is 124 cm³/mol. The number of imidazole rings is 1. The van der Waals surface area contributed by atoms with Gasteiger partial charge in [0.25, 0.3) is 0 Å². The second-order valence-corrected chi connectivity index (χ2v) is 7.58. The topological polar surface area (TPSA) is 106 Å². The molecule has 11 heteroatoms. The van der Waals surface area contributed by atoms with E-state index in [1.165, 1.54) is 30.5 Å². The van der Waals surface area contributed by atoms with Gasteiger partial charge in [-0.15, -0.1) is 0 Å². The van der Waals surface area contributed by atoms with E-state index in [4.69, 9.17) is 11.1 Å². The summed E-state index contributed by atoms with van der Waals surface area (Å²) in [5, 5.41) is 7.19. The number of aryl methyl sites for hydroxylation is 1. The van der Waals surface area contributed by atoms with Gasteiger partial charge in [-0.25, -0.2) is 28.1 Å². The van der Waals surface area contributed by atoms with Crippen LogP contribution in [0.15, 0.2) is 53.8 Å². The lowest BCUT2D eigenvalue weighted by Crippen LogP contribution is -2.14. The summed E-state index contributed by atoms with van der Waals surface area (Å²) in [6.07, 6.45) is 3.18. The molecule has 5 aromatic rings. The van der Waals surface area contributed by atoms with Crippen LogP contribution in [-0.4, -0.2) is 31.7 Å². The second-order valence-electron chi connectivity index (χ2n) is 7.58. The maximum atomic E-state index is 14.9. The van der Waals surface area contributed by atoms with Crippen molar-refractivity contribution in [2.24, 2.45) is 10.7 Å². The number of hydrogen-bond donors (Lipinski definition) is 2. The predicted octanol–water partition coefficient (Wildman–Crippen LogP) is 4.81. The Bertz CT molecular complexity index is 1690. The number of nitrogens with two attached hydrogens (primary N) is 1. The summed E-state index contributed by atoms with van der Waals surface area (Å²) >= 11 is 0. The van der Waals surface area contributed by atoms with Crippen molar-refractivity contribution in [3.8, 4) is 16.8 Å². The van der Waals surface area contributed by atoms with Gasteiger partial charge in [-0.3, -0.25) is 15.0 Å². The molecular formula is C24H15F4N7. The molecule has 3 aromatic heterocycles. The molecule has 0 fully saturated rings. The summed E-state index contributed by atoms with van der Waals surface area (Å²) in [4.78, 5) is 15.6. The SMILES string of the molecule is Cc1nc2c(C(N)=NC=N)cc(-c3ccnc(F)c3F)cc2n1-c1ccnc2c(F)ccc(F)c12. The van der Waals surface area contributed by atoms with E-state index in [2.05, 4.69) is 19.9 Å². The fourth-order valence-corrected chi connectivity index (χ4v) is 4.09. The van der Waals surface area contributed by atoms with E-state index in [1.807, 2.05) is 0 Å². The molecule has 3 N–H and O–H groups in total. The van der Waals surface area contributed by atoms with Crippen LogP contribution >= 0.6 is 0 Å². The van der Waals surface area contributed by atoms with Gasteiger partial charge in [0.05, 0.1) is 16.6 Å². The summed E-state index contributed by atoms with van der Waals surface area (Å²) in [5.74, 6) is -3.59. The van der Waals surface area contributed by atoms with Crippen LogP contribution < -0.4 is 5.73 Å². The zero-order valence-corrected chi connectivity index (χ0v) is 18.0. The van der Waals surface area contributed by atoms with Gasteiger partial charge in [-0.2, -0.15) is 4.39 Å². The molecule has 35 heavy (non-hydrogen) atoms. The van der Waals surface area contributed by atoms with Crippen LogP contribution in [-0.2, 0) is 0 Å². The standard InChI is InChI=1S/C24H15F4N7/c1-11-34-21-14(24(30)33-10-29)8-12(13-4-6-32-23(28)20(13)27)9-18(21)35(11)17-5-7-31-22-16(26)3-2-15(25)19(17)22/h2-10H,1H3,(H3,29,30,33). The van der Waals surface area contributed by atoms with Crippen molar-refractivity contribution >= 4 is 34.1 Å². The first kappa shape index (κ1) is 22.1. The molecule has 0 unspecified atom stereocenters. The fraction of sp³-hybridized carbons (Fsp3) is 0.0417. The average molecular weight is 477 g/mol. The van der Waals surface area contributed by atoms with E-state index in [0.717, 1.165) is 24.7 Å². The second kappa shape index (κ2) is 8.28. The highest BCUT2D eigenvalue weighted by Crippen LogP contribution is 2.34. The first-order chi connectivity index (χ1) is 16.8. The van der Waals surface area contributed by atoms with E-state index >= 15 is 0 Å². The third kappa shape index (κ3) is 3.48. The van der Waals surface area contributed by atoms with Crippen LogP contribution in [0.4, 0.5) is 17.6 Å². The minimum Gasteiger partial charge on any atom is -0.383 e. The van der Waals surface area contributed by atoms with Crippen LogP contribution in [0.1, 0.15) is 11.4 Å². The number of hydrogen-bond acceptors (Lipinski definition) is 4. The lowest BCUT2D eigenvalue weighted by Gasteiger charge is -2.13. The largest absolute Gasteiger partial charge is 0.383 e. The number of rotatable bonds is 4. The van der Waals surface area contributed by atoms with Crippen LogP contribution in [0.5, 0.6) is 0 Å². The normalized spacial score (nSPS) is 12.0. The molecule has 0 aliphatic rings. The quantitative estimate of drug-likeness (QED) is 0.168. The number of nitrogens with zero attached hydrogens (tertiary/aromatic N) is 5. The molecule has 0 saturated carbocycles. The highest BCUT2D eigenvalue weighted by Gasteiger charge is 2.22. The molecule has 0 radical (unpaired) electrons. The van der Waals surface area contributed by atoms with Crippen molar-refractivity contribution in [2.45, 2.75) is 6.92 Å². The van der Waals surface area contributed by atoms with Gasteiger partial charge in [-0.1, -0.05) is 0 Å². The Morgan fingerprint density at radius 2 is 1.74 bits per heavy atom. The Kier molecular flexibility index (Phi) is 5.24. The molecule has 0 spiro atoms. The summed E-state index contributed by atoms with van der Waals surface area (Å²) in [6, 6.07) is 7.75. The molecule has 2 aromatic carbocycles. The highest BCUT2D eigenvalue weighted by atomic mass is 19.2. The molecule has 0 aliphatic heterocycles. The van der Waals surface area contributed by atoms with Gasteiger partial charge in [-0.05, 0) is 48.9 Å². The number of amidine groups is 1. The summed E-state index contributed by atoms with van der Waals surface area (Å²) in [6.45, 7) is 1.64. The van der Waals surface area contributed by atoms with Gasteiger partial charge in [0, 0.05) is 23.5 Å². The molecule has 5 rings (SSSR count).